The van der Waals surface area contributed by atoms with Crippen LogP contribution < -0.4 is 20.9 Å². The molecule has 2 unspecified atom stereocenters. The zero-order chi connectivity index (χ0) is 45.3. The summed E-state index contributed by atoms with van der Waals surface area (Å²) >= 11 is 0.353. The van der Waals surface area contributed by atoms with Gasteiger partial charge in [-0.2, -0.15) is 23.8 Å². The second kappa shape index (κ2) is 20.4. The Labute approximate surface area is 355 Å². The van der Waals surface area contributed by atoms with E-state index >= 15 is 0 Å². The quantitative estimate of drug-likeness (QED) is 0.0107. The van der Waals surface area contributed by atoms with Crippen molar-refractivity contribution < 1.29 is 72.5 Å². The van der Waals surface area contributed by atoms with Crippen LogP contribution in [0.1, 0.15) is 21.5 Å². The fraction of sp³-hybridized carbons (Fsp3) is 0.216. The summed E-state index contributed by atoms with van der Waals surface area (Å²) in [5, 5.41) is 97.5. The smallest absolute Gasteiger partial charge is 0.337 e. The van der Waals surface area contributed by atoms with Crippen LogP contribution in [-0.4, -0.2) is 93.5 Å². The average molecular weight is 899 g/mol. The van der Waals surface area contributed by atoms with Crippen molar-refractivity contribution >= 4 is 84.4 Å². The number of nitrogens with zero attached hydrogens (tertiary/aromatic N) is 6. The van der Waals surface area contributed by atoms with Crippen LogP contribution in [0.3, 0.4) is 0 Å². The van der Waals surface area contributed by atoms with Crippen molar-refractivity contribution in [3.8, 4) is 17.2 Å². The summed E-state index contributed by atoms with van der Waals surface area (Å²) in [4.78, 5) is 10.8. The first-order valence-electron chi connectivity index (χ1n) is 17.7. The minimum Gasteiger partial charge on any atom is -0.505 e. The van der Waals surface area contributed by atoms with Gasteiger partial charge in [0.05, 0.1) is 58.5 Å². The molecule has 25 heteroatoms. The summed E-state index contributed by atoms with van der Waals surface area (Å²) in [5.41, 5.74) is 12.6. The van der Waals surface area contributed by atoms with Crippen molar-refractivity contribution in [2.24, 2.45) is 30.7 Å². The zero-order valence-electron chi connectivity index (χ0n) is 32.3. The summed E-state index contributed by atoms with van der Waals surface area (Å²) in [6.07, 6.45) is -2.58. The molecule has 0 aliphatic rings. The van der Waals surface area contributed by atoms with E-state index in [1.165, 1.54) is 42.5 Å². The highest BCUT2D eigenvalue weighted by molar-refractivity contribution is 7.94. The number of hydrogen-bond donors (Lipinski definition) is 10. The largest absolute Gasteiger partial charge is 0.505 e. The van der Waals surface area contributed by atoms with Gasteiger partial charge in [-0.15, -0.1) is 19.7 Å². The van der Waals surface area contributed by atoms with E-state index in [-0.39, 0.29) is 79.1 Å². The van der Waals surface area contributed by atoms with Gasteiger partial charge in [-0.25, -0.2) is 10.1 Å². The van der Waals surface area contributed by atoms with E-state index in [0.717, 1.165) is 12.1 Å². The average Bonchev–Trinajstić information content (AvgIpc) is 3.23. The SMILES string of the molecule is Cc1cc(N=Nc2cc(OCC(O)CO)c(N=Nc3c(SOOO)cc4cc(S(=O)(=O)O)c(N)cc4c3O)cc2C)c(OCC(O)CO)cc1N=Nc1ccc(N)c(C(=O)O)c1. The Morgan fingerprint density at radius 1 is 0.758 bits per heavy atom. The maximum absolute atomic E-state index is 11.9. The van der Waals surface area contributed by atoms with Gasteiger partial charge in [-0.3, -0.25) is 4.55 Å². The lowest BCUT2D eigenvalue weighted by atomic mass is 10.1. The second-order valence-corrected chi connectivity index (χ2v) is 15.2. The van der Waals surface area contributed by atoms with Crippen LogP contribution >= 0.6 is 12.0 Å². The molecule has 0 fully saturated rings. The fourth-order valence-corrected chi connectivity index (χ4v) is 6.47. The number of hydrogen-bond acceptors (Lipinski definition) is 22. The third kappa shape index (κ3) is 11.5. The molecule has 23 nitrogen and oxygen atoms in total. The number of carboxylic acids is 1. The number of aliphatic hydroxyl groups excluding tert-OH is 4. The molecule has 0 saturated heterocycles. The molecule has 5 rings (SSSR count). The first-order valence-corrected chi connectivity index (χ1v) is 19.8. The number of aliphatic hydroxyl groups is 4. The van der Waals surface area contributed by atoms with E-state index in [1.54, 1.807) is 19.9 Å². The molecule has 2 atom stereocenters. The van der Waals surface area contributed by atoms with Gasteiger partial charge in [-0.1, -0.05) is 5.04 Å². The van der Waals surface area contributed by atoms with Crippen LogP contribution in [0.15, 0.2) is 101 Å². The van der Waals surface area contributed by atoms with Crippen LogP contribution in [0.4, 0.5) is 45.5 Å². The number of fused-ring (bicyclic) bond motifs is 1. The molecule has 0 saturated carbocycles. The van der Waals surface area contributed by atoms with Gasteiger partial charge in [0, 0.05) is 23.2 Å². The van der Waals surface area contributed by atoms with Crippen molar-refractivity contribution in [3.05, 3.63) is 77.4 Å². The van der Waals surface area contributed by atoms with E-state index < -0.39 is 64.4 Å². The molecular weight excluding hydrogens is 861 g/mol. The first-order chi connectivity index (χ1) is 29.4. The molecule has 5 aromatic carbocycles. The topological polar surface area (TPSA) is 376 Å². The molecule has 5 aromatic rings. The van der Waals surface area contributed by atoms with E-state index in [9.17, 15) is 48.4 Å². The van der Waals surface area contributed by atoms with Gasteiger partial charge >= 0.3 is 5.97 Å². The van der Waals surface area contributed by atoms with Crippen LogP contribution in [0.5, 0.6) is 17.2 Å². The Hall–Kier alpha value is -6.39. The Balaban J connectivity index is 1.56. The van der Waals surface area contributed by atoms with E-state index in [2.05, 4.69) is 40.1 Å². The monoisotopic (exact) mass is 898 g/mol. The molecule has 0 bridgehead atoms. The molecule has 0 aromatic heterocycles. The number of aromatic carboxylic acids is 1. The number of carbonyl (C=O) groups is 1. The molecule has 0 aliphatic carbocycles. The number of nitrogen functional groups attached to an aromatic ring is 2. The summed E-state index contributed by atoms with van der Waals surface area (Å²) in [6.45, 7) is 1.28. The van der Waals surface area contributed by atoms with Gasteiger partial charge in [0.15, 0.2) is 5.75 Å². The highest BCUT2D eigenvalue weighted by Crippen LogP contribution is 2.46. The zero-order valence-corrected chi connectivity index (χ0v) is 34.0. The number of phenols is 1. The van der Waals surface area contributed by atoms with E-state index in [4.69, 9.17) is 26.2 Å². The second-order valence-electron chi connectivity index (χ2n) is 13.1. The lowest BCUT2D eigenvalue weighted by Gasteiger charge is -2.14. The van der Waals surface area contributed by atoms with E-state index in [1.807, 2.05) is 0 Å². The molecule has 0 spiro atoms. The number of azo groups is 3. The number of phenolic OH excluding ortho intramolecular Hbond substituents is 1. The highest BCUT2D eigenvalue weighted by atomic mass is 32.2. The van der Waals surface area contributed by atoms with Crippen molar-refractivity contribution in [1.82, 2.24) is 0 Å². The first kappa shape index (κ1) is 46.7. The van der Waals surface area contributed by atoms with Gasteiger partial charge < -0.3 is 51.6 Å². The molecule has 0 radical (unpaired) electrons. The van der Waals surface area contributed by atoms with Crippen LogP contribution in [-0.2, 0) is 19.5 Å². The Morgan fingerprint density at radius 2 is 1.31 bits per heavy atom. The van der Waals surface area contributed by atoms with Gasteiger partial charge in [0.1, 0.15) is 58.9 Å². The maximum atomic E-state index is 11.9. The van der Waals surface area contributed by atoms with Gasteiger partial charge in [0.2, 0.25) is 0 Å². The van der Waals surface area contributed by atoms with E-state index in [0.29, 0.717) is 23.2 Å². The Kier molecular flexibility index (Phi) is 15.4. The van der Waals surface area contributed by atoms with Gasteiger partial charge in [-0.05, 0) is 78.9 Å². The standard InChI is InChI=1S/C37H38N8O15S2/c1-17-5-29(31(57-15-21(48)13-46)11-27(17)41-40-20-3-4-25(38)24(9-20)37(51)52)43-42-28-12-32(58-16-22(49)14-47)30(6-18(28)2)44-45-35-33(61-60-59-53)7-19-8-34(62(54,55)56)26(39)10-23(19)36(35)50/h3-12,21-22,46-50,53H,13-16,38-39H2,1-2H3,(H,51,52)(H,54,55,56). The third-order valence-electron chi connectivity index (χ3n) is 8.52. The molecule has 0 heterocycles. The molecule has 62 heavy (non-hydrogen) atoms. The molecule has 328 valence electrons. The van der Waals surface area contributed by atoms with Crippen molar-refractivity contribution in [3.63, 3.8) is 0 Å². The Bertz CT molecular complexity index is 2680. The number of aryl methyl sites for hydroxylation is 2. The lowest BCUT2D eigenvalue weighted by Crippen LogP contribution is -2.21. The normalized spacial score (nSPS) is 13.1. The minimum absolute atomic E-state index is 0.00625. The molecular formula is C37H38N8O15S2. The number of ether oxygens (including phenoxy) is 2. The van der Waals surface area contributed by atoms with Crippen molar-refractivity contribution in [2.45, 2.75) is 35.8 Å². The molecule has 12 N–H and O–H groups in total. The third-order valence-corrected chi connectivity index (χ3v) is 10.0. The number of rotatable bonds is 19. The fourth-order valence-electron chi connectivity index (χ4n) is 5.35. The highest BCUT2D eigenvalue weighted by Gasteiger charge is 2.21. The number of nitrogens with two attached hydrogens (primary N) is 2. The minimum atomic E-state index is -4.76. The Morgan fingerprint density at radius 3 is 1.84 bits per heavy atom. The predicted molar refractivity (Wildman–Crippen MR) is 220 cm³/mol. The maximum Gasteiger partial charge on any atom is 0.337 e. The number of carboxylic acid groups (broad SMARTS) is 1. The summed E-state index contributed by atoms with van der Waals surface area (Å²) in [6, 6.07) is 13.3. The van der Waals surface area contributed by atoms with Crippen molar-refractivity contribution in [2.75, 3.05) is 37.9 Å². The van der Waals surface area contributed by atoms with Crippen LogP contribution in [0, 0.1) is 13.8 Å². The summed E-state index contributed by atoms with van der Waals surface area (Å²) < 4.78 is 49.4. The van der Waals surface area contributed by atoms with Crippen LogP contribution in [0.2, 0.25) is 0 Å². The summed E-state index contributed by atoms with van der Waals surface area (Å²) in [5.74, 6) is -1.81. The lowest BCUT2D eigenvalue weighted by molar-refractivity contribution is -0.432. The molecule has 0 aliphatic heterocycles. The predicted octanol–water partition coefficient (Wildman–Crippen LogP) is 6.41. The number of anilines is 2. The summed E-state index contributed by atoms with van der Waals surface area (Å²) in [7, 11) is -4.76. The molecule has 0 amide bonds. The number of aromatic hydroxyl groups is 1. The van der Waals surface area contributed by atoms with Crippen molar-refractivity contribution in [1.29, 1.82) is 0 Å². The van der Waals surface area contributed by atoms with Gasteiger partial charge in [0.25, 0.3) is 10.1 Å². The van der Waals surface area contributed by atoms with Crippen LogP contribution in [0.25, 0.3) is 10.8 Å². The number of benzene rings is 5.